The summed E-state index contributed by atoms with van der Waals surface area (Å²) >= 11 is 0. The Morgan fingerprint density at radius 3 is 1.79 bits per heavy atom. The molecule has 0 aromatic carbocycles. The SMILES string of the molecule is Cl.O=C1C2CCCCC2C(=O)N1CCCCN1CCN(C(=O)C23CC4CC(CC(C4)C2)C3)CC1. The predicted octanol–water partition coefficient (Wildman–Crippen LogP) is 3.72. The minimum atomic E-state index is -0.0224. The molecule has 34 heavy (non-hydrogen) atoms. The van der Waals surface area contributed by atoms with Crippen LogP contribution in [-0.2, 0) is 14.4 Å². The van der Waals surface area contributed by atoms with Gasteiger partial charge in [0, 0.05) is 32.7 Å². The molecule has 190 valence electrons. The highest BCUT2D eigenvalue weighted by molar-refractivity contribution is 6.05. The van der Waals surface area contributed by atoms with Gasteiger partial charge in [-0.1, -0.05) is 12.8 Å². The normalized spacial score (nSPS) is 39.4. The van der Waals surface area contributed by atoms with Gasteiger partial charge in [-0.2, -0.15) is 0 Å². The van der Waals surface area contributed by atoms with Gasteiger partial charge in [0.2, 0.25) is 17.7 Å². The summed E-state index contributed by atoms with van der Waals surface area (Å²) in [6.07, 6.45) is 13.5. The highest BCUT2D eigenvalue weighted by Crippen LogP contribution is 2.60. The summed E-state index contributed by atoms with van der Waals surface area (Å²) in [6.45, 7) is 5.26. The lowest BCUT2D eigenvalue weighted by Gasteiger charge is -2.57. The Morgan fingerprint density at radius 1 is 0.765 bits per heavy atom. The number of hydrogen-bond acceptors (Lipinski definition) is 4. The quantitative estimate of drug-likeness (QED) is 0.419. The Kier molecular flexibility index (Phi) is 7.02. The molecule has 7 fully saturated rings. The molecule has 0 radical (unpaired) electrons. The molecule has 5 saturated carbocycles. The van der Waals surface area contributed by atoms with E-state index < -0.39 is 0 Å². The molecule has 4 bridgehead atoms. The van der Waals surface area contributed by atoms with Crippen molar-refractivity contribution in [3.63, 3.8) is 0 Å². The van der Waals surface area contributed by atoms with Gasteiger partial charge in [-0.05, 0) is 88.5 Å². The number of fused-ring (bicyclic) bond motifs is 1. The van der Waals surface area contributed by atoms with Crippen LogP contribution >= 0.6 is 12.4 Å². The number of likely N-dealkylation sites (tertiary alicyclic amines) is 1. The fourth-order valence-electron chi connectivity index (χ4n) is 8.94. The molecule has 3 amide bonds. The van der Waals surface area contributed by atoms with Gasteiger partial charge in [0.1, 0.15) is 0 Å². The third kappa shape index (κ3) is 4.31. The van der Waals surface area contributed by atoms with Gasteiger partial charge >= 0.3 is 0 Å². The van der Waals surface area contributed by atoms with Crippen LogP contribution in [-0.4, -0.2) is 71.7 Å². The van der Waals surface area contributed by atoms with E-state index in [2.05, 4.69) is 9.80 Å². The van der Waals surface area contributed by atoms with Crippen molar-refractivity contribution in [3.05, 3.63) is 0 Å². The number of carbonyl (C=O) groups excluding carboxylic acids is 3. The van der Waals surface area contributed by atoms with Crippen LogP contribution in [0, 0.1) is 35.0 Å². The number of hydrogen-bond donors (Lipinski definition) is 0. The third-order valence-electron chi connectivity index (χ3n) is 10.2. The van der Waals surface area contributed by atoms with E-state index in [1.165, 1.54) is 19.3 Å². The van der Waals surface area contributed by atoms with Crippen molar-refractivity contribution in [2.24, 2.45) is 35.0 Å². The number of imide groups is 1. The molecule has 7 heteroatoms. The molecule has 0 N–H and O–H groups in total. The minimum absolute atomic E-state index is 0. The molecule has 2 saturated heterocycles. The number of unbranched alkanes of at least 4 members (excludes halogenated alkanes) is 1. The lowest BCUT2D eigenvalue weighted by atomic mass is 9.49. The zero-order valence-corrected chi connectivity index (χ0v) is 21.4. The molecule has 0 spiro atoms. The van der Waals surface area contributed by atoms with Gasteiger partial charge in [-0.25, -0.2) is 0 Å². The van der Waals surface area contributed by atoms with Crippen molar-refractivity contribution in [1.29, 1.82) is 0 Å². The van der Waals surface area contributed by atoms with Crippen molar-refractivity contribution < 1.29 is 14.4 Å². The second-order valence-electron chi connectivity index (χ2n) is 12.4. The lowest BCUT2D eigenvalue weighted by Crippen LogP contribution is -2.58. The number of carbonyl (C=O) groups is 3. The van der Waals surface area contributed by atoms with Gasteiger partial charge in [0.25, 0.3) is 0 Å². The second-order valence-corrected chi connectivity index (χ2v) is 12.4. The highest BCUT2D eigenvalue weighted by atomic mass is 35.5. The molecule has 0 aromatic heterocycles. The van der Waals surface area contributed by atoms with Gasteiger partial charge < -0.3 is 4.90 Å². The van der Waals surface area contributed by atoms with E-state index in [0.717, 1.165) is 108 Å². The fourth-order valence-corrected chi connectivity index (χ4v) is 8.94. The summed E-state index contributed by atoms with van der Waals surface area (Å²) < 4.78 is 0. The number of rotatable bonds is 6. The smallest absolute Gasteiger partial charge is 0.233 e. The minimum Gasteiger partial charge on any atom is -0.340 e. The summed E-state index contributed by atoms with van der Waals surface area (Å²) in [5.41, 5.74) is -0.0110. The number of halogens is 1. The van der Waals surface area contributed by atoms with Crippen molar-refractivity contribution in [1.82, 2.24) is 14.7 Å². The van der Waals surface area contributed by atoms with E-state index in [0.29, 0.717) is 12.5 Å². The van der Waals surface area contributed by atoms with Crippen molar-refractivity contribution in [2.75, 3.05) is 39.3 Å². The molecule has 2 aliphatic heterocycles. The Hall–Kier alpha value is -1.14. The van der Waals surface area contributed by atoms with E-state index in [4.69, 9.17) is 0 Å². The summed E-state index contributed by atoms with van der Waals surface area (Å²) in [5.74, 6) is 3.09. The maximum atomic E-state index is 13.6. The summed E-state index contributed by atoms with van der Waals surface area (Å²) in [5, 5.41) is 0. The first-order valence-corrected chi connectivity index (χ1v) is 13.9. The van der Waals surface area contributed by atoms with Gasteiger partial charge in [0.15, 0.2) is 0 Å². The molecular formula is C27H42ClN3O3. The van der Waals surface area contributed by atoms with Crippen molar-refractivity contribution in [3.8, 4) is 0 Å². The Morgan fingerprint density at radius 2 is 1.26 bits per heavy atom. The second kappa shape index (κ2) is 9.72. The Balaban J connectivity index is 0.00000241. The Labute approximate surface area is 210 Å². The summed E-state index contributed by atoms with van der Waals surface area (Å²) in [6, 6.07) is 0. The fraction of sp³-hybridized carbons (Fsp3) is 0.889. The van der Waals surface area contributed by atoms with Crippen LogP contribution in [0.4, 0.5) is 0 Å². The first kappa shape index (κ1) is 24.5. The first-order chi connectivity index (χ1) is 16.0. The molecule has 7 aliphatic rings. The van der Waals surface area contributed by atoms with Crippen LogP contribution in [0.15, 0.2) is 0 Å². The molecule has 2 atom stereocenters. The van der Waals surface area contributed by atoms with E-state index >= 15 is 0 Å². The van der Waals surface area contributed by atoms with E-state index in [9.17, 15) is 14.4 Å². The molecule has 2 unspecified atom stereocenters. The van der Waals surface area contributed by atoms with Crippen LogP contribution < -0.4 is 0 Å². The topological polar surface area (TPSA) is 60.9 Å². The average Bonchev–Trinajstić information content (AvgIpc) is 3.06. The zero-order valence-electron chi connectivity index (χ0n) is 20.6. The highest BCUT2D eigenvalue weighted by Gasteiger charge is 2.55. The maximum Gasteiger partial charge on any atom is 0.233 e. The predicted molar refractivity (Wildman–Crippen MR) is 132 cm³/mol. The summed E-state index contributed by atoms with van der Waals surface area (Å²) in [4.78, 5) is 45.1. The van der Waals surface area contributed by atoms with Gasteiger partial charge in [0.05, 0.1) is 17.3 Å². The standard InChI is InChI=1S/C27H41N3O3.ClH/c31-24-22-5-1-2-6-23(22)25(32)30(24)8-4-3-7-28-9-11-29(12-10-28)26(33)27-16-19-13-20(17-27)15-21(14-19)18-27;/h19-23H,1-18H2;1H. The number of amides is 3. The third-order valence-corrected chi connectivity index (χ3v) is 10.2. The number of nitrogens with zero attached hydrogens (tertiary/aromatic N) is 3. The largest absolute Gasteiger partial charge is 0.340 e. The van der Waals surface area contributed by atoms with Gasteiger partial charge in [-0.15, -0.1) is 12.4 Å². The van der Waals surface area contributed by atoms with Crippen LogP contribution in [0.1, 0.15) is 77.0 Å². The Bertz CT molecular complexity index is 750. The monoisotopic (exact) mass is 491 g/mol. The van der Waals surface area contributed by atoms with Crippen molar-refractivity contribution >= 4 is 30.1 Å². The maximum absolute atomic E-state index is 13.6. The molecule has 6 nitrogen and oxygen atoms in total. The van der Waals surface area contributed by atoms with Crippen LogP contribution in [0.2, 0.25) is 0 Å². The van der Waals surface area contributed by atoms with Crippen LogP contribution in [0.5, 0.6) is 0 Å². The molecular weight excluding hydrogens is 450 g/mol. The van der Waals surface area contributed by atoms with Crippen molar-refractivity contribution in [2.45, 2.75) is 77.0 Å². The van der Waals surface area contributed by atoms with Crippen LogP contribution in [0.3, 0.4) is 0 Å². The van der Waals surface area contributed by atoms with E-state index in [1.807, 2.05) is 0 Å². The lowest BCUT2D eigenvalue weighted by molar-refractivity contribution is -0.159. The molecule has 0 aromatic rings. The first-order valence-electron chi connectivity index (χ1n) is 13.9. The van der Waals surface area contributed by atoms with Crippen LogP contribution in [0.25, 0.3) is 0 Å². The zero-order chi connectivity index (χ0) is 22.6. The van der Waals surface area contributed by atoms with E-state index in [1.54, 1.807) is 4.90 Å². The molecule has 5 aliphatic carbocycles. The molecule has 7 rings (SSSR count). The molecule has 2 heterocycles. The van der Waals surface area contributed by atoms with Gasteiger partial charge in [-0.3, -0.25) is 24.2 Å². The average molecular weight is 492 g/mol. The number of piperazine rings is 1. The summed E-state index contributed by atoms with van der Waals surface area (Å²) in [7, 11) is 0. The van der Waals surface area contributed by atoms with E-state index in [-0.39, 0.29) is 41.5 Å².